The summed E-state index contributed by atoms with van der Waals surface area (Å²) in [5.41, 5.74) is 2.24. The van der Waals surface area contributed by atoms with E-state index in [-0.39, 0.29) is 17.9 Å². The van der Waals surface area contributed by atoms with E-state index in [1.807, 2.05) is 77.7 Å². The van der Waals surface area contributed by atoms with Crippen LogP contribution in [0.4, 0.5) is 0 Å². The smallest absolute Gasteiger partial charge is 0.237 e. The summed E-state index contributed by atoms with van der Waals surface area (Å²) in [6, 6.07) is 27.7. The predicted molar refractivity (Wildman–Crippen MR) is 128 cm³/mol. The summed E-state index contributed by atoms with van der Waals surface area (Å²) in [7, 11) is 0. The number of hydrogen-bond donors (Lipinski definition) is 1. The summed E-state index contributed by atoms with van der Waals surface area (Å²) in [5, 5.41) is 12.0. The Morgan fingerprint density at radius 1 is 0.875 bits per heavy atom. The number of amides is 1. The van der Waals surface area contributed by atoms with E-state index in [0.717, 1.165) is 22.3 Å². The van der Waals surface area contributed by atoms with Crippen LogP contribution in [-0.4, -0.2) is 21.5 Å². The zero-order valence-electron chi connectivity index (χ0n) is 18.8. The highest BCUT2D eigenvalue weighted by atomic mass is 16.3. The normalized spacial score (nSPS) is 25.4. The van der Waals surface area contributed by atoms with E-state index in [9.17, 15) is 9.90 Å². The molecular weight excluding hydrogens is 394 g/mol. The number of carbonyl (C=O) groups is 1. The fourth-order valence-corrected chi connectivity index (χ4v) is 5.73. The van der Waals surface area contributed by atoms with Gasteiger partial charge in [0.05, 0.1) is 12.1 Å². The number of benzene rings is 3. The van der Waals surface area contributed by atoms with Gasteiger partial charge in [-0.05, 0) is 43.0 Å². The van der Waals surface area contributed by atoms with Crippen molar-refractivity contribution in [3.63, 3.8) is 0 Å². The Balaban J connectivity index is 1.82. The maximum atomic E-state index is 14.6. The van der Waals surface area contributed by atoms with E-state index in [1.54, 1.807) is 0 Å². The quantitative estimate of drug-likeness (QED) is 0.588. The van der Waals surface area contributed by atoms with Crippen molar-refractivity contribution >= 4 is 12.0 Å². The van der Waals surface area contributed by atoms with Crippen LogP contribution in [0.5, 0.6) is 0 Å². The van der Waals surface area contributed by atoms with Crippen LogP contribution in [0.2, 0.25) is 0 Å². The van der Waals surface area contributed by atoms with E-state index in [4.69, 9.17) is 0 Å². The second-order valence-electron chi connectivity index (χ2n) is 9.86. The van der Waals surface area contributed by atoms with Gasteiger partial charge in [-0.15, -0.1) is 0 Å². The van der Waals surface area contributed by atoms with Gasteiger partial charge in [-0.3, -0.25) is 4.79 Å². The largest absolute Gasteiger partial charge is 0.387 e. The molecule has 4 atom stereocenters. The van der Waals surface area contributed by atoms with Crippen molar-refractivity contribution in [1.29, 1.82) is 0 Å². The molecule has 3 aromatic rings. The molecule has 3 nitrogen and oxygen atoms in total. The molecule has 0 bridgehead atoms. The van der Waals surface area contributed by atoms with Crippen molar-refractivity contribution in [2.24, 2.45) is 5.92 Å². The Kier molecular flexibility index (Phi) is 4.83. The van der Waals surface area contributed by atoms with E-state index < -0.39 is 17.1 Å². The molecule has 3 aromatic carbocycles. The lowest BCUT2D eigenvalue weighted by molar-refractivity contribution is -0.141. The summed E-state index contributed by atoms with van der Waals surface area (Å²) in [6.07, 6.45) is 3.30. The SMILES string of the molecule is CC(C)(C)N1C(=O)[C@@]2(C(O)c3ccccc3)c3ccccc3C=C[C@H]2[C@@H]1c1ccccc1. The highest BCUT2D eigenvalue weighted by Gasteiger charge is 2.66. The van der Waals surface area contributed by atoms with Gasteiger partial charge in [0.25, 0.3) is 0 Å². The zero-order valence-corrected chi connectivity index (χ0v) is 18.8. The van der Waals surface area contributed by atoms with Crippen molar-refractivity contribution in [2.75, 3.05) is 0 Å². The van der Waals surface area contributed by atoms with Crippen molar-refractivity contribution in [2.45, 2.75) is 43.9 Å². The zero-order chi connectivity index (χ0) is 22.5. The molecule has 0 radical (unpaired) electrons. The molecular formula is C29H29NO2. The second kappa shape index (κ2) is 7.46. The van der Waals surface area contributed by atoms with Crippen molar-refractivity contribution in [3.8, 4) is 0 Å². The molecule has 32 heavy (non-hydrogen) atoms. The number of aliphatic hydroxyl groups excluding tert-OH is 1. The molecule has 1 N–H and O–H groups in total. The third-order valence-corrected chi connectivity index (χ3v) is 7.02. The van der Waals surface area contributed by atoms with Crippen LogP contribution in [0.25, 0.3) is 6.08 Å². The molecule has 1 saturated heterocycles. The number of nitrogens with zero attached hydrogens (tertiary/aromatic N) is 1. The molecule has 1 heterocycles. The van der Waals surface area contributed by atoms with E-state index in [1.165, 1.54) is 0 Å². The van der Waals surface area contributed by atoms with Gasteiger partial charge in [0, 0.05) is 11.5 Å². The topological polar surface area (TPSA) is 40.5 Å². The Labute approximate surface area is 190 Å². The van der Waals surface area contributed by atoms with Gasteiger partial charge in [0.2, 0.25) is 5.91 Å². The Bertz CT molecular complexity index is 1160. The Morgan fingerprint density at radius 2 is 1.47 bits per heavy atom. The first-order valence-electron chi connectivity index (χ1n) is 11.3. The molecule has 0 aromatic heterocycles. The summed E-state index contributed by atoms with van der Waals surface area (Å²) in [4.78, 5) is 16.6. The van der Waals surface area contributed by atoms with Crippen LogP contribution in [0.1, 0.15) is 55.2 Å². The summed E-state index contributed by atoms with van der Waals surface area (Å²) in [6.45, 7) is 6.24. The highest BCUT2D eigenvalue weighted by Crippen LogP contribution is 2.60. The monoisotopic (exact) mass is 423 g/mol. The molecule has 5 rings (SSSR count). The summed E-state index contributed by atoms with van der Waals surface area (Å²) in [5.74, 6) is -0.223. The van der Waals surface area contributed by atoms with Crippen molar-refractivity contribution in [3.05, 3.63) is 113 Å². The first-order valence-corrected chi connectivity index (χ1v) is 11.3. The molecule has 0 saturated carbocycles. The second-order valence-corrected chi connectivity index (χ2v) is 9.86. The minimum atomic E-state index is -1.10. The molecule has 1 fully saturated rings. The number of likely N-dealkylation sites (tertiary alicyclic amines) is 1. The maximum absolute atomic E-state index is 14.6. The fourth-order valence-electron chi connectivity index (χ4n) is 5.73. The van der Waals surface area contributed by atoms with Crippen LogP contribution >= 0.6 is 0 Å². The van der Waals surface area contributed by atoms with Crippen molar-refractivity contribution in [1.82, 2.24) is 4.90 Å². The summed E-state index contributed by atoms with van der Waals surface area (Å²) < 4.78 is 0. The van der Waals surface area contributed by atoms with Gasteiger partial charge in [-0.2, -0.15) is 0 Å². The lowest BCUT2D eigenvalue weighted by atomic mass is 9.61. The number of aliphatic hydroxyl groups is 1. The first-order chi connectivity index (χ1) is 15.4. The molecule has 3 heteroatoms. The van der Waals surface area contributed by atoms with Gasteiger partial charge >= 0.3 is 0 Å². The van der Waals surface area contributed by atoms with Crippen LogP contribution in [0.15, 0.2) is 91.0 Å². The minimum Gasteiger partial charge on any atom is -0.387 e. The maximum Gasteiger partial charge on any atom is 0.237 e. The Hall–Kier alpha value is -3.17. The van der Waals surface area contributed by atoms with Gasteiger partial charge in [-0.1, -0.05) is 97.1 Å². The minimum absolute atomic E-state index is 0.0167. The Morgan fingerprint density at radius 3 is 2.12 bits per heavy atom. The van der Waals surface area contributed by atoms with Crippen LogP contribution in [0, 0.1) is 5.92 Å². The third-order valence-electron chi connectivity index (χ3n) is 7.02. The van der Waals surface area contributed by atoms with E-state index in [2.05, 4.69) is 45.1 Å². The lowest BCUT2D eigenvalue weighted by Crippen LogP contribution is -2.50. The number of carbonyl (C=O) groups excluding carboxylic acids is 1. The molecule has 1 aliphatic heterocycles. The third kappa shape index (κ3) is 2.88. The number of hydrogen-bond acceptors (Lipinski definition) is 2. The molecule has 1 aliphatic carbocycles. The highest BCUT2D eigenvalue weighted by molar-refractivity contribution is 5.96. The van der Waals surface area contributed by atoms with Gasteiger partial charge in [0.15, 0.2) is 0 Å². The fraction of sp³-hybridized carbons (Fsp3) is 0.276. The molecule has 2 aliphatic rings. The standard InChI is InChI=1S/C29H29NO2/c1-28(2,3)30-25(21-13-6-4-7-14-21)24-19-18-20-12-10-11-17-23(20)29(24,27(30)32)26(31)22-15-8-5-9-16-22/h4-19,24-26,31H,1-3H3/t24-,25-,26?,29-/m0/s1. The number of fused-ring (bicyclic) bond motifs is 3. The first kappa shape index (κ1) is 20.7. The van der Waals surface area contributed by atoms with Crippen LogP contribution in [0.3, 0.4) is 0 Å². The van der Waals surface area contributed by atoms with E-state index in [0.29, 0.717) is 0 Å². The molecule has 1 amide bonds. The summed E-state index contributed by atoms with van der Waals surface area (Å²) >= 11 is 0. The molecule has 1 unspecified atom stereocenters. The molecule has 162 valence electrons. The average Bonchev–Trinajstić information content (AvgIpc) is 3.10. The predicted octanol–water partition coefficient (Wildman–Crippen LogP) is 5.68. The van der Waals surface area contributed by atoms with Gasteiger partial charge in [0.1, 0.15) is 5.41 Å². The van der Waals surface area contributed by atoms with Crippen molar-refractivity contribution < 1.29 is 9.90 Å². The van der Waals surface area contributed by atoms with E-state index >= 15 is 0 Å². The lowest BCUT2D eigenvalue weighted by Gasteiger charge is -2.40. The van der Waals surface area contributed by atoms with Gasteiger partial charge in [-0.25, -0.2) is 0 Å². The average molecular weight is 424 g/mol. The number of rotatable bonds is 3. The van der Waals surface area contributed by atoms with Crippen LogP contribution in [-0.2, 0) is 10.2 Å². The molecule has 0 spiro atoms. The van der Waals surface area contributed by atoms with Gasteiger partial charge < -0.3 is 10.0 Å². The van der Waals surface area contributed by atoms with Crippen LogP contribution < -0.4 is 0 Å².